The molecule has 4 aliphatic heterocycles. The van der Waals surface area contributed by atoms with Gasteiger partial charge >= 0.3 is 12.0 Å². The van der Waals surface area contributed by atoms with Gasteiger partial charge in [-0.1, -0.05) is 46.6 Å². The molecule has 1 N–H and O–H groups in total. The summed E-state index contributed by atoms with van der Waals surface area (Å²) in [4.78, 5) is 70.1. The average Bonchev–Trinajstić information content (AvgIpc) is 3.81. The Morgan fingerprint density at radius 1 is 1.12 bits per heavy atom. The van der Waals surface area contributed by atoms with Gasteiger partial charge in [0.15, 0.2) is 0 Å². The third-order valence-electron chi connectivity index (χ3n) is 13.6. The molecule has 3 aromatic rings. The van der Waals surface area contributed by atoms with E-state index in [9.17, 15) is 19.2 Å². The molecule has 4 aliphatic rings. The fourth-order valence-electron chi connectivity index (χ4n) is 10.1. The number of cyclic esters (lactones) is 1. The van der Waals surface area contributed by atoms with Crippen molar-refractivity contribution < 1.29 is 33.4 Å². The number of pyridine rings is 1. The zero-order chi connectivity index (χ0) is 48.5. The number of hydrogen-bond acceptors (Lipinski definition) is 13. The monoisotopic (exact) mass is 961 g/mol. The first-order valence-electron chi connectivity index (χ1n) is 23.6. The number of amides is 4. The molecule has 0 saturated carbocycles. The van der Waals surface area contributed by atoms with Crippen LogP contribution in [-0.4, -0.2) is 167 Å². The highest BCUT2D eigenvalue weighted by molar-refractivity contribution is 8.03. The predicted molar refractivity (Wildman–Crippen MR) is 266 cm³/mol. The molecule has 2 saturated heterocycles. The number of thiol groups is 1. The molecular formula is C49H71N9O7S2. The van der Waals surface area contributed by atoms with Gasteiger partial charge in [-0.2, -0.15) is 4.41 Å². The van der Waals surface area contributed by atoms with Crippen LogP contribution in [0.25, 0.3) is 27.9 Å². The van der Waals surface area contributed by atoms with Crippen LogP contribution in [0, 0.1) is 11.3 Å². The number of ether oxygens (including phenoxy) is 3. The van der Waals surface area contributed by atoms with E-state index in [2.05, 4.69) is 65.2 Å². The lowest BCUT2D eigenvalue weighted by Crippen LogP contribution is -2.62. The van der Waals surface area contributed by atoms with E-state index in [1.165, 1.54) is 14.3 Å². The van der Waals surface area contributed by atoms with Gasteiger partial charge in [0.05, 0.1) is 47.9 Å². The zero-order valence-electron chi connectivity index (χ0n) is 41.2. The number of nitrogens with zero attached hydrogens (tertiary/aromatic N) is 8. The van der Waals surface area contributed by atoms with Crippen LogP contribution in [0.2, 0.25) is 0 Å². The summed E-state index contributed by atoms with van der Waals surface area (Å²) in [6, 6.07) is 7.63. The number of morpholine rings is 1. The summed E-state index contributed by atoms with van der Waals surface area (Å²) in [5, 5.41) is 7.57. The minimum atomic E-state index is -1.03. The summed E-state index contributed by atoms with van der Waals surface area (Å²) < 4.78 is 21.7. The highest BCUT2D eigenvalue weighted by Gasteiger charge is 2.43. The lowest BCUT2D eigenvalue weighted by atomic mass is 9.84. The van der Waals surface area contributed by atoms with Crippen LogP contribution < -0.4 is 5.32 Å². The van der Waals surface area contributed by atoms with Crippen LogP contribution >= 0.6 is 24.6 Å². The van der Waals surface area contributed by atoms with Crippen molar-refractivity contribution in [2.75, 3.05) is 74.7 Å². The molecule has 0 aliphatic carbocycles. The number of benzene rings is 1. The van der Waals surface area contributed by atoms with Crippen molar-refractivity contribution >= 4 is 65.0 Å². The number of rotatable bonds is 10. The minimum absolute atomic E-state index is 0.124. The first-order valence-corrected chi connectivity index (χ1v) is 25.0. The Bertz CT molecular complexity index is 2340. The fourth-order valence-corrected chi connectivity index (χ4v) is 11.7. The Balaban J connectivity index is 1.26. The molecule has 1 unspecified atom stereocenters. The van der Waals surface area contributed by atoms with Gasteiger partial charge in [0.25, 0.3) is 5.91 Å². The Morgan fingerprint density at radius 2 is 1.88 bits per heavy atom. The number of methoxy groups -OCH3 is 1. The number of carbonyl (C=O) groups is 4. The third kappa shape index (κ3) is 10.6. The second kappa shape index (κ2) is 21.1. The molecular weight excluding hydrogens is 891 g/mol. The average molecular weight is 962 g/mol. The number of nitrogens with one attached hydrogen (secondary N) is 1. The first-order chi connectivity index (χ1) is 31.8. The van der Waals surface area contributed by atoms with E-state index in [1.54, 1.807) is 37.0 Å². The van der Waals surface area contributed by atoms with Gasteiger partial charge in [-0.15, -0.1) is 11.8 Å². The number of thioether (sulfide) groups is 1. The fraction of sp³-hybridized carbons (Fsp3) is 0.612. The lowest BCUT2D eigenvalue weighted by Gasteiger charge is -2.42. The quantitative estimate of drug-likeness (QED) is 0.178. The number of fused-ring (bicyclic) bond motifs is 6. The number of likely N-dealkylation sites (N-methyl/N-ethyl adjacent to an activating group) is 2. The first kappa shape index (κ1) is 50.5. The van der Waals surface area contributed by atoms with Crippen LogP contribution in [0.5, 0.6) is 0 Å². The normalized spacial score (nSPS) is 23.9. The predicted octanol–water partition coefficient (Wildman–Crippen LogP) is 6.13. The maximum Gasteiger partial charge on any atom is 0.326 e. The van der Waals surface area contributed by atoms with Crippen molar-refractivity contribution in [3.63, 3.8) is 0 Å². The summed E-state index contributed by atoms with van der Waals surface area (Å²) in [5.74, 6) is -1.58. The molecule has 67 heavy (non-hydrogen) atoms. The standard InChI is InChI=1S/C49H71N9O7S2/c1-12-56-38-18-17-32-23-35(38)36(44(56)34-15-13-19-50-42(34)31(4)63-11)25-49(5,6)29-65-47(61)39-16-14-20-57(58(39)66)46(60)37(24-41-53(9)40(32)28-67-41)51-45(59)43(30(2)3)54(10)48(62)55-21-22-64-33(27-55)26-52(7)8/h13,15,17-19,23,28,30-31,33,37,39,41,43,66H,12,14,16,20-22,24-27,29H2,1-11H3,(H,51,59)/t31-,33-,37-,39-,41?,43-/m0/s1. The van der Waals surface area contributed by atoms with E-state index < -0.39 is 41.3 Å². The van der Waals surface area contributed by atoms with E-state index in [0.717, 1.165) is 44.7 Å². The minimum Gasteiger partial charge on any atom is -0.464 e. The molecule has 2 fully saturated rings. The van der Waals surface area contributed by atoms with E-state index in [-0.39, 0.29) is 42.6 Å². The molecule has 0 radical (unpaired) electrons. The number of esters is 1. The SMILES string of the molecule is CCn1c(-c2cccnc2[C@H](C)OC)c2c3cc(ccc31)C1=CSC(C[C@H](NC(=O)[C@H](C(C)C)N(C)C(=O)N3CCO[C@@H](CN(C)C)C3)C(=O)N3CCC[C@@H](C(=O)OCC(C)(C)C2)N3S)N1C. The Kier molecular flexibility index (Phi) is 15.9. The van der Waals surface area contributed by atoms with Crippen molar-refractivity contribution in [2.24, 2.45) is 11.3 Å². The molecule has 7 rings (SSSR count). The summed E-state index contributed by atoms with van der Waals surface area (Å²) in [6.07, 6.45) is 3.19. The molecule has 2 aromatic heterocycles. The van der Waals surface area contributed by atoms with Gasteiger partial charge < -0.3 is 43.7 Å². The van der Waals surface area contributed by atoms with Crippen molar-refractivity contribution in [2.45, 2.75) is 109 Å². The Labute approximate surface area is 406 Å². The highest BCUT2D eigenvalue weighted by Crippen LogP contribution is 2.44. The van der Waals surface area contributed by atoms with Gasteiger partial charge in [0.2, 0.25) is 5.91 Å². The van der Waals surface area contributed by atoms with Gasteiger partial charge in [-0.05, 0) is 93.9 Å². The van der Waals surface area contributed by atoms with Crippen LogP contribution in [0.1, 0.15) is 83.7 Å². The molecule has 366 valence electrons. The third-order valence-corrected chi connectivity index (χ3v) is 15.2. The van der Waals surface area contributed by atoms with E-state index >= 15 is 0 Å². The molecule has 16 nitrogen and oxygen atoms in total. The van der Waals surface area contributed by atoms with E-state index in [4.69, 9.17) is 32.0 Å². The van der Waals surface area contributed by atoms with Crippen molar-refractivity contribution in [3.8, 4) is 11.3 Å². The van der Waals surface area contributed by atoms with Crippen molar-refractivity contribution in [1.82, 2.24) is 43.9 Å². The summed E-state index contributed by atoms with van der Waals surface area (Å²) in [6.45, 7) is 15.2. The lowest BCUT2D eigenvalue weighted by molar-refractivity contribution is -0.165. The number of urea groups is 1. The number of carbonyl (C=O) groups excluding carboxylic acids is 4. The van der Waals surface area contributed by atoms with Gasteiger partial charge in [-0.25, -0.2) is 4.79 Å². The van der Waals surface area contributed by atoms with Crippen LogP contribution in [0.4, 0.5) is 4.79 Å². The highest BCUT2D eigenvalue weighted by atomic mass is 32.2. The molecule has 18 heteroatoms. The summed E-state index contributed by atoms with van der Waals surface area (Å²) in [5.41, 5.74) is 6.59. The second-order valence-electron chi connectivity index (χ2n) is 19.8. The summed E-state index contributed by atoms with van der Waals surface area (Å²) >= 11 is 6.40. The van der Waals surface area contributed by atoms with Gasteiger partial charge in [0, 0.05) is 88.4 Å². The maximum absolute atomic E-state index is 15.0. The molecule has 1 aromatic carbocycles. The van der Waals surface area contributed by atoms with Crippen LogP contribution in [-0.2, 0) is 41.6 Å². The summed E-state index contributed by atoms with van der Waals surface area (Å²) in [7, 11) is 9.30. The zero-order valence-corrected chi connectivity index (χ0v) is 42.9. The molecule has 6 heterocycles. The van der Waals surface area contributed by atoms with Gasteiger partial charge in [0.1, 0.15) is 18.1 Å². The number of hydrazine groups is 1. The van der Waals surface area contributed by atoms with E-state index in [1.807, 2.05) is 52.9 Å². The second-order valence-corrected chi connectivity index (χ2v) is 21.3. The Morgan fingerprint density at radius 3 is 2.58 bits per heavy atom. The number of aromatic nitrogens is 2. The van der Waals surface area contributed by atoms with E-state index in [0.29, 0.717) is 58.6 Å². The van der Waals surface area contributed by atoms with Crippen LogP contribution in [0.3, 0.4) is 0 Å². The van der Waals surface area contributed by atoms with Crippen molar-refractivity contribution in [1.29, 1.82) is 0 Å². The molecule has 4 amide bonds. The molecule has 6 bridgehead atoms. The topological polar surface area (TPSA) is 145 Å². The van der Waals surface area contributed by atoms with Crippen LogP contribution in [0.15, 0.2) is 41.9 Å². The smallest absolute Gasteiger partial charge is 0.326 e. The maximum atomic E-state index is 15.0. The largest absolute Gasteiger partial charge is 0.464 e. The molecule has 6 atom stereocenters. The Hall–Kier alpha value is -4.33. The number of aryl methyl sites for hydroxylation is 1. The van der Waals surface area contributed by atoms with Gasteiger partial charge in [-0.3, -0.25) is 24.4 Å². The van der Waals surface area contributed by atoms with Crippen molar-refractivity contribution in [3.05, 3.63) is 58.8 Å². The number of hydrogen-bond donors (Lipinski definition) is 2. The molecule has 0 spiro atoms.